The molecule has 3 rings (SSSR count). The molecule has 0 bridgehead atoms. The van der Waals surface area contributed by atoms with Crippen LogP contribution in [0.2, 0.25) is 0 Å². The molecule has 0 aromatic heterocycles. The number of carbonyl (C=O) groups is 2. The maximum atomic E-state index is 12.8. The van der Waals surface area contributed by atoms with Crippen molar-refractivity contribution in [1.82, 2.24) is 10.2 Å². The molecule has 0 aliphatic carbocycles. The van der Waals surface area contributed by atoms with Crippen LogP contribution in [-0.2, 0) is 14.3 Å². The van der Waals surface area contributed by atoms with Crippen LogP contribution < -0.4 is 15.0 Å². The molecule has 2 fully saturated rings. The Kier molecular flexibility index (Phi) is 7.47. The van der Waals surface area contributed by atoms with E-state index in [1.807, 2.05) is 45.2 Å². The number of anilines is 1. The summed E-state index contributed by atoms with van der Waals surface area (Å²) in [5.41, 5.74) is 0.538. The van der Waals surface area contributed by atoms with Crippen LogP contribution in [0.5, 0.6) is 5.75 Å². The fraction of sp³-hybridized carbons (Fsp3) is 0.600. The van der Waals surface area contributed by atoms with Crippen LogP contribution in [0.15, 0.2) is 24.3 Å². The Morgan fingerprint density at radius 3 is 2.41 bits per heavy atom. The Bertz CT molecular complexity index is 627. The van der Waals surface area contributed by atoms with Crippen molar-refractivity contribution >= 4 is 17.6 Å². The zero-order chi connectivity index (χ0) is 19.9. The van der Waals surface area contributed by atoms with Crippen molar-refractivity contribution in [2.45, 2.75) is 39.2 Å². The molecular weight excluding hydrogens is 346 g/mol. The third-order valence-corrected chi connectivity index (χ3v) is 4.86. The van der Waals surface area contributed by atoms with E-state index in [0.29, 0.717) is 19.0 Å². The summed E-state index contributed by atoms with van der Waals surface area (Å²) in [6.07, 6.45) is 1.61. The van der Waals surface area contributed by atoms with Crippen molar-refractivity contribution in [3.63, 3.8) is 0 Å². The topological polar surface area (TPSA) is 71.1 Å². The normalized spacial score (nSPS) is 18.1. The van der Waals surface area contributed by atoms with E-state index < -0.39 is 5.54 Å². The van der Waals surface area contributed by atoms with Gasteiger partial charge >= 0.3 is 5.97 Å². The first-order valence-electron chi connectivity index (χ1n) is 9.69. The molecule has 0 saturated carbocycles. The number of likely N-dealkylation sites (N-methyl/N-ethyl adjacent to an activating group) is 1. The van der Waals surface area contributed by atoms with E-state index in [9.17, 15) is 9.59 Å². The zero-order valence-electron chi connectivity index (χ0n) is 16.8. The predicted molar refractivity (Wildman–Crippen MR) is 105 cm³/mol. The molecule has 2 heterocycles. The largest absolute Gasteiger partial charge is 0.482 e. The predicted octanol–water partition coefficient (Wildman–Crippen LogP) is 2.01. The summed E-state index contributed by atoms with van der Waals surface area (Å²) in [4.78, 5) is 28.1. The second kappa shape index (κ2) is 9.60. The van der Waals surface area contributed by atoms with Crippen LogP contribution in [0.4, 0.5) is 5.69 Å². The zero-order valence-corrected chi connectivity index (χ0v) is 16.8. The molecule has 2 aliphatic rings. The highest BCUT2D eigenvalue weighted by atomic mass is 16.6. The molecular formula is C20H31N3O4. The minimum Gasteiger partial charge on any atom is -0.482 e. The number of hydrogen-bond donors (Lipinski definition) is 1. The highest BCUT2D eigenvalue weighted by molar-refractivity contribution is 5.93. The standard InChI is InChI=1S/C18H25N3O4.C2H6/c1-3-24-16(22)12-25-15-6-4-14(5-7-15)21-13-20(2)17(23)18(21)8-10-19-11-9-18;1-2/h4-7,19H,3,8-13H2,1-2H3;1-2H3. The first-order valence-corrected chi connectivity index (χ1v) is 9.69. The third kappa shape index (κ3) is 4.53. The van der Waals surface area contributed by atoms with E-state index in [1.165, 1.54) is 0 Å². The number of amides is 1. The lowest BCUT2D eigenvalue weighted by atomic mass is 9.86. The van der Waals surface area contributed by atoms with E-state index in [4.69, 9.17) is 9.47 Å². The summed E-state index contributed by atoms with van der Waals surface area (Å²) < 4.78 is 10.3. The molecule has 7 heteroatoms. The van der Waals surface area contributed by atoms with Crippen LogP contribution in [0.25, 0.3) is 0 Å². The van der Waals surface area contributed by atoms with Gasteiger partial charge in [-0.3, -0.25) is 4.79 Å². The van der Waals surface area contributed by atoms with Crippen LogP contribution >= 0.6 is 0 Å². The lowest BCUT2D eigenvalue weighted by Gasteiger charge is -2.40. The summed E-state index contributed by atoms with van der Waals surface area (Å²) in [6.45, 7) is 8.27. The van der Waals surface area contributed by atoms with Gasteiger partial charge in [0.15, 0.2) is 6.61 Å². The van der Waals surface area contributed by atoms with Crippen LogP contribution in [0, 0.1) is 0 Å². The van der Waals surface area contributed by atoms with Crippen LogP contribution in [-0.4, -0.2) is 62.3 Å². The summed E-state index contributed by atoms with van der Waals surface area (Å²) in [6, 6.07) is 7.53. The molecule has 0 radical (unpaired) electrons. The Labute approximate surface area is 161 Å². The van der Waals surface area contributed by atoms with Gasteiger partial charge in [-0.15, -0.1) is 0 Å². The van der Waals surface area contributed by atoms with Crippen molar-refractivity contribution in [3.05, 3.63) is 24.3 Å². The molecule has 1 N–H and O–H groups in total. The average molecular weight is 377 g/mol. The molecule has 27 heavy (non-hydrogen) atoms. The van der Waals surface area contributed by atoms with Crippen molar-refractivity contribution < 1.29 is 19.1 Å². The smallest absolute Gasteiger partial charge is 0.344 e. The number of piperidine rings is 1. The summed E-state index contributed by atoms with van der Waals surface area (Å²) >= 11 is 0. The highest BCUT2D eigenvalue weighted by Crippen LogP contribution is 2.37. The Morgan fingerprint density at radius 2 is 1.81 bits per heavy atom. The number of benzene rings is 1. The molecule has 2 saturated heterocycles. The summed E-state index contributed by atoms with van der Waals surface area (Å²) in [7, 11) is 1.85. The maximum absolute atomic E-state index is 12.8. The van der Waals surface area contributed by atoms with Gasteiger partial charge in [0.2, 0.25) is 5.91 Å². The van der Waals surface area contributed by atoms with E-state index in [-0.39, 0.29) is 18.5 Å². The Hall–Kier alpha value is -2.28. The summed E-state index contributed by atoms with van der Waals surface area (Å²) in [5.74, 6) is 0.415. The fourth-order valence-corrected chi connectivity index (χ4v) is 3.60. The molecule has 2 aliphatic heterocycles. The third-order valence-electron chi connectivity index (χ3n) is 4.86. The number of nitrogens with zero attached hydrogens (tertiary/aromatic N) is 2. The van der Waals surface area contributed by atoms with Gasteiger partial charge in [-0.05, 0) is 57.1 Å². The Morgan fingerprint density at radius 1 is 1.19 bits per heavy atom. The molecule has 150 valence electrons. The quantitative estimate of drug-likeness (QED) is 0.792. The molecule has 1 spiro atoms. The molecule has 0 atom stereocenters. The molecule has 0 unspecified atom stereocenters. The van der Waals surface area contributed by atoms with Gasteiger partial charge in [0.05, 0.1) is 13.3 Å². The van der Waals surface area contributed by atoms with Gasteiger partial charge in [0, 0.05) is 12.7 Å². The van der Waals surface area contributed by atoms with Gasteiger partial charge in [-0.1, -0.05) is 13.8 Å². The van der Waals surface area contributed by atoms with Crippen molar-refractivity contribution in [1.29, 1.82) is 0 Å². The lowest BCUT2D eigenvalue weighted by Crippen LogP contribution is -2.55. The van der Waals surface area contributed by atoms with Gasteiger partial charge < -0.3 is 24.6 Å². The van der Waals surface area contributed by atoms with E-state index in [2.05, 4.69) is 10.2 Å². The van der Waals surface area contributed by atoms with Gasteiger partial charge in [-0.2, -0.15) is 0 Å². The number of carbonyl (C=O) groups excluding carboxylic acids is 2. The first-order chi connectivity index (χ1) is 13.1. The van der Waals surface area contributed by atoms with Crippen molar-refractivity contribution in [2.24, 2.45) is 0 Å². The van der Waals surface area contributed by atoms with Crippen LogP contribution in [0.3, 0.4) is 0 Å². The maximum Gasteiger partial charge on any atom is 0.344 e. The Balaban J connectivity index is 0.00000126. The molecule has 1 aromatic carbocycles. The van der Waals surface area contributed by atoms with Crippen molar-refractivity contribution in [2.75, 3.05) is 44.9 Å². The van der Waals surface area contributed by atoms with E-state index >= 15 is 0 Å². The van der Waals surface area contributed by atoms with E-state index in [0.717, 1.165) is 31.6 Å². The average Bonchev–Trinajstić information content (AvgIpc) is 2.94. The first kappa shape index (κ1) is 21.0. The van der Waals surface area contributed by atoms with Gasteiger partial charge in [0.1, 0.15) is 11.3 Å². The van der Waals surface area contributed by atoms with Crippen molar-refractivity contribution in [3.8, 4) is 5.75 Å². The summed E-state index contributed by atoms with van der Waals surface area (Å²) in [5, 5.41) is 3.33. The highest BCUT2D eigenvalue weighted by Gasteiger charge is 2.51. The van der Waals surface area contributed by atoms with Gasteiger partial charge in [-0.25, -0.2) is 4.79 Å². The van der Waals surface area contributed by atoms with Crippen LogP contribution in [0.1, 0.15) is 33.6 Å². The number of hydrogen-bond acceptors (Lipinski definition) is 6. The minimum absolute atomic E-state index is 0.103. The number of rotatable bonds is 5. The second-order valence-corrected chi connectivity index (χ2v) is 6.44. The van der Waals surface area contributed by atoms with Gasteiger partial charge in [0.25, 0.3) is 0 Å². The fourth-order valence-electron chi connectivity index (χ4n) is 3.60. The SMILES string of the molecule is CC.CCOC(=O)COc1ccc(N2CN(C)C(=O)C23CCNCC3)cc1. The number of esters is 1. The number of nitrogens with one attached hydrogen (secondary N) is 1. The van der Waals surface area contributed by atoms with E-state index in [1.54, 1.807) is 11.8 Å². The number of ether oxygens (including phenoxy) is 2. The molecule has 7 nitrogen and oxygen atoms in total. The second-order valence-electron chi connectivity index (χ2n) is 6.44. The minimum atomic E-state index is -0.451. The monoisotopic (exact) mass is 377 g/mol. The molecule has 1 aromatic rings. The lowest BCUT2D eigenvalue weighted by molar-refractivity contribution is -0.145. The molecule has 1 amide bonds.